The quantitative estimate of drug-likeness (QED) is 0.0500. The Morgan fingerprint density at radius 2 is 0.664 bits per heavy atom. The zero-order chi connectivity index (χ0) is 91.4. The Morgan fingerprint density at radius 1 is 0.313 bits per heavy atom. The van der Waals surface area contributed by atoms with E-state index in [0.717, 1.165) is 118 Å². The van der Waals surface area contributed by atoms with Gasteiger partial charge in [-0.1, -0.05) is 268 Å². The molecule has 134 heavy (non-hydrogen) atoms. The van der Waals surface area contributed by atoms with Crippen molar-refractivity contribution in [3.63, 3.8) is 0 Å². The highest BCUT2D eigenvalue weighted by molar-refractivity contribution is 5.69. The number of rotatable bonds is 17. The smallest absolute Gasteiger partial charge is 0.121 e. The molecule has 0 amide bonds. The summed E-state index contributed by atoms with van der Waals surface area (Å²) >= 11 is 0. The SMILES string of the molecule is CC1c2ccccc2-c2cncn2C1C(O)C1CCCCC1.FC(CC1Cc2ccccc2-c2cncn21)C1CCCCC1.OC(CC1CCc2ccccc2-c2cncn21)C1CCCCC1.OC(CC1Cc2ccccc2-c2cncn21)C1CCCCC1.OC(CC1c2ccccc2Cc2cncn21)C1CCCCC1.OC1c2ccccc2C(CC(O)C2CCCCC2)n2cncc21. The fraction of sp³-hybridized carbons (Fsp3) is 0.530. The van der Waals surface area contributed by atoms with Gasteiger partial charge in [-0.3, -0.25) is 0 Å². The molecule has 6 aromatic carbocycles. The van der Waals surface area contributed by atoms with Crippen molar-refractivity contribution in [2.24, 2.45) is 35.5 Å². The average molecular weight is 1810 g/mol. The summed E-state index contributed by atoms with van der Waals surface area (Å²) in [5.74, 6) is 2.92. The highest BCUT2D eigenvalue weighted by Gasteiger charge is 2.42. The second-order valence-electron chi connectivity index (χ2n) is 41.8. The Labute approximate surface area is 793 Å². The standard InChI is InChI=1S/C20H26N2O.C19H23FN2.C19H24N2O2.3C19H24N2O/c23-20(16-7-2-1-3-8-16)12-17-11-10-15-6-4-5-9-18(15)19-13-21-14-22(17)19;20-18(14-6-2-1-3-7-14)11-16-10-15-8-4-5-9-17(15)19-12-21-13-22(16)19;22-18(13-6-2-1-3-7-13)10-16-14-8-4-5-9-15(14)19(23)17-11-20-12-21(16)17;1-13-15-9-5-6-10-16(15)17-11-20-12-21(17)18(13)19(22)14-7-3-2-4-8-14;22-19(14-6-2-1-3-7-14)11-18-17-9-5-4-8-15(17)10-16-12-20-13-21(16)18;22-19(14-6-2-1-3-7-14)11-16-10-15-8-4-5-9-17(15)18-12-20-13-21(16)18/h4-6,9,13-14,16-17,20,23H,1-3,7-8,10-12H2;4-5,8-9,12-14,16,18H,1-3,6-7,10-11H2;4-5,8-9,11-13,16,18-19,22-23H,1-3,6-7,10H2;5-6,9-14,18-19,22H,2-4,7-8H2,1H3;4-5,8-9,12-14,18-19,22H,1-3,6-7,10-11H2;4-5,8-9,12-14,16,19,22H,1-3,6-7,10-11H2. The van der Waals surface area contributed by atoms with Gasteiger partial charge in [0.1, 0.15) is 12.3 Å². The van der Waals surface area contributed by atoms with Gasteiger partial charge in [0.15, 0.2) is 0 Å². The number of fused-ring (bicyclic) bond motifs is 16. The first-order valence-electron chi connectivity index (χ1n) is 52.2. The largest absolute Gasteiger partial charge is 0.393 e. The molecule has 6 fully saturated rings. The molecule has 12 heterocycles. The predicted molar refractivity (Wildman–Crippen MR) is 529 cm³/mol. The summed E-state index contributed by atoms with van der Waals surface area (Å²) in [6.45, 7) is 2.25. The molecule has 6 aromatic heterocycles. The van der Waals surface area contributed by atoms with Crippen LogP contribution in [0, 0.1) is 35.5 Å². The molecule has 6 aliphatic heterocycles. The van der Waals surface area contributed by atoms with Crippen molar-refractivity contribution in [1.82, 2.24) is 57.3 Å². The zero-order valence-corrected chi connectivity index (χ0v) is 79.0. The molecule has 24 rings (SSSR count). The number of alkyl halides is 1. The molecule has 14 unspecified atom stereocenters. The molecule has 6 aliphatic carbocycles. The van der Waals surface area contributed by atoms with Gasteiger partial charge < -0.3 is 58.0 Å². The van der Waals surface area contributed by atoms with Gasteiger partial charge in [-0.15, -0.1) is 0 Å². The van der Waals surface area contributed by atoms with Gasteiger partial charge in [0, 0.05) is 64.6 Å². The molecule has 708 valence electrons. The molecule has 0 spiro atoms. The molecule has 19 heteroatoms. The van der Waals surface area contributed by atoms with E-state index in [4.69, 9.17) is 0 Å². The van der Waals surface area contributed by atoms with Crippen molar-refractivity contribution in [2.75, 3.05) is 0 Å². The van der Waals surface area contributed by atoms with Crippen LogP contribution in [-0.2, 0) is 25.7 Å². The Kier molecular flexibility index (Phi) is 30.7. The van der Waals surface area contributed by atoms with Crippen LogP contribution in [0.2, 0.25) is 0 Å². The lowest BCUT2D eigenvalue weighted by Crippen LogP contribution is -2.37. The van der Waals surface area contributed by atoms with E-state index in [9.17, 15) is 35.0 Å². The number of aromatic nitrogens is 12. The minimum Gasteiger partial charge on any atom is -0.393 e. The number of hydrogen-bond donors (Lipinski definition) is 6. The fourth-order valence-corrected chi connectivity index (χ4v) is 26.2. The minimum absolute atomic E-state index is 0.0593. The van der Waals surface area contributed by atoms with Crippen LogP contribution in [0.25, 0.3) is 45.0 Å². The molecular weight excluding hydrogens is 1660 g/mol. The number of nitrogens with zero attached hydrogens (tertiary/aromatic N) is 12. The number of hydrogen-bond acceptors (Lipinski definition) is 12. The normalized spacial score (nSPS) is 23.9. The number of aryl methyl sites for hydroxylation is 1. The number of aliphatic hydroxyl groups is 6. The summed E-state index contributed by atoms with van der Waals surface area (Å²) in [6, 6.07) is 52.3. The average Bonchev–Trinajstić information content (AvgIpc) is 1.46. The predicted octanol–water partition coefficient (Wildman–Crippen LogP) is 24.4. The number of imidazole rings is 6. The topological polar surface area (TPSA) is 228 Å². The lowest BCUT2D eigenvalue weighted by atomic mass is 9.75. The third kappa shape index (κ3) is 20.9. The summed E-state index contributed by atoms with van der Waals surface area (Å²) in [4.78, 5) is 26.0. The van der Waals surface area contributed by atoms with E-state index in [-0.39, 0.29) is 60.6 Å². The fourth-order valence-electron chi connectivity index (χ4n) is 26.2. The van der Waals surface area contributed by atoms with E-state index in [2.05, 4.69) is 187 Å². The number of aliphatic hydroxyl groups excluding tert-OH is 6. The molecule has 0 radical (unpaired) electrons. The summed E-state index contributed by atoms with van der Waals surface area (Å²) in [5.41, 5.74) is 22.2. The van der Waals surface area contributed by atoms with Crippen LogP contribution < -0.4 is 0 Å². The molecule has 14 atom stereocenters. The van der Waals surface area contributed by atoms with Gasteiger partial charge in [0.2, 0.25) is 0 Å². The van der Waals surface area contributed by atoms with Gasteiger partial charge in [0.25, 0.3) is 0 Å². The molecule has 12 aliphatic rings. The van der Waals surface area contributed by atoms with Crippen LogP contribution in [0.4, 0.5) is 4.39 Å². The molecule has 6 saturated carbocycles. The highest BCUT2D eigenvalue weighted by Crippen LogP contribution is 2.50. The molecule has 12 aromatic rings. The molecule has 0 saturated heterocycles. The van der Waals surface area contributed by atoms with E-state index in [1.54, 1.807) is 12.5 Å². The summed E-state index contributed by atoms with van der Waals surface area (Å²) in [7, 11) is 0. The van der Waals surface area contributed by atoms with Crippen molar-refractivity contribution in [3.8, 4) is 45.0 Å². The van der Waals surface area contributed by atoms with E-state index in [1.165, 1.54) is 227 Å². The van der Waals surface area contributed by atoms with Crippen molar-refractivity contribution in [3.05, 3.63) is 277 Å². The van der Waals surface area contributed by atoms with E-state index in [0.29, 0.717) is 60.4 Å². The van der Waals surface area contributed by atoms with Crippen LogP contribution in [0.5, 0.6) is 0 Å². The first-order valence-corrected chi connectivity index (χ1v) is 52.2. The third-order valence-corrected chi connectivity index (χ3v) is 33.6. The van der Waals surface area contributed by atoms with Gasteiger partial charge >= 0.3 is 0 Å². The van der Waals surface area contributed by atoms with Gasteiger partial charge in [0.05, 0.1) is 146 Å². The number of halogens is 1. The van der Waals surface area contributed by atoms with Crippen molar-refractivity contribution < 1.29 is 35.0 Å². The van der Waals surface area contributed by atoms with E-state index in [1.807, 2.05) is 85.4 Å². The lowest BCUT2D eigenvalue weighted by Gasteiger charge is -2.40. The molecule has 0 bridgehead atoms. The minimum atomic E-state index is -0.675. The molecule has 18 nitrogen and oxygen atoms in total. The maximum absolute atomic E-state index is 14.8. The Balaban J connectivity index is 0.000000103. The van der Waals surface area contributed by atoms with Gasteiger partial charge in [-0.25, -0.2) is 34.3 Å². The lowest BCUT2D eigenvalue weighted by molar-refractivity contribution is 0.0288. The van der Waals surface area contributed by atoms with Gasteiger partial charge in [-0.05, 0) is 215 Å². The third-order valence-electron chi connectivity index (χ3n) is 33.6. The summed E-state index contributed by atoms with van der Waals surface area (Å²) < 4.78 is 28.1. The summed E-state index contributed by atoms with van der Waals surface area (Å²) in [5, 5.41) is 64.7. The Morgan fingerprint density at radius 3 is 1.18 bits per heavy atom. The van der Waals surface area contributed by atoms with Crippen LogP contribution >= 0.6 is 0 Å². The van der Waals surface area contributed by atoms with Crippen LogP contribution in [-0.4, -0.2) is 125 Å². The van der Waals surface area contributed by atoms with Crippen LogP contribution in [0.1, 0.15) is 342 Å². The van der Waals surface area contributed by atoms with E-state index >= 15 is 0 Å². The second-order valence-corrected chi connectivity index (χ2v) is 41.8. The van der Waals surface area contributed by atoms with Crippen LogP contribution in [0.15, 0.2) is 221 Å². The first-order chi connectivity index (χ1) is 65.8. The van der Waals surface area contributed by atoms with Crippen molar-refractivity contribution in [2.45, 2.75) is 349 Å². The Bertz CT molecular complexity index is 5590. The van der Waals surface area contributed by atoms with Crippen LogP contribution in [0.3, 0.4) is 0 Å². The van der Waals surface area contributed by atoms with Gasteiger partial charge in [-0.2, -0.15) is 0 Å². The zero-order valence-electron chi connectivity index (χ0n) is 79.0. The second kappa shape index (κ2) is 44.2. The van der Waals surface area contributed by atoms with Crippen molar-refractivity contribution in [1.29, 1.82) is 0 Å². The highest BCUT2D eigenvalue weighted by atomic mass is 19.1. The van der Waals surface area contributed by atoms with E-state index < -0.39 is 12.3 Å². The Hall–Kier alpha value is -9.73. The molecular formula is C115H145FN12O6. The maximum atomic E-state index is 14.8. The first kappa shape index (κ1) is 93.3. The molecule has 6 N–H and O–H groups in total. The van der Waals surface area contributed by atoms with Crippen molar-refractivity contribution >= 4 is 0 Å². The monoisotopic (exact) mass is 1810 g/mol. The maximum Gasteiger partial charge on any atom is 0.121 e. The summed E-state index contributed by atoms with van der Waals surface area (Å²) in [6.07, 6.45) is 66.2. The number of benzene rings is 6.